The third-order valence-electron chi connectivity index (χ3n) is 3.66. The van der Waals surface area contributed by atoms with E-state index in [4.69, 9.17) is 28.9 Å². The average molecular weight is 284 g/mol. The van der Waals surface area contributed by atoms with E-state index in [0.29, 0.717) is 17.5 Å². The first kappa shape index (κ1) is 13.9. The molecule has 0 spiro atoms. The molecule has 1 aliphatic rings. The molecule has 1 nitrogen and oxygen atoms in total. The zero-order chi connectivity index (χ0) is 13.0. The van der Waals surface area contributed by atoms with Crippen LogP contribution in [-0.2, 0) is 0 Å². The van der Waals surface area contributed by atoms with Crippen LogP contribution in [-0.4, -0.2) is 6.54 Å². The van der Waals surface area contributed by atoms with Crippen LogP contribution in [0.1, 0.15) is 37.7 Å². The zero-order valence-corrected chi connectivity index (χ0v) is 12.0. The summed E-state index contributed by atoms with van der Waals surface area (Å²) in [4.78, 5) is 0. The maximum Gasteiger partial charge on any atom is 0.0479 e. The topological polar surface area (TPSA) is 26.0 Å². The monoisotopic (exact) mass is 283 g/mol. The predicted octanol–water partition coefficient (Wildman–Crippen LogP) is 4.92. The Hall–Kier alpha value is -0.500. The Morgan fingerprint density at radius 1 is 1.22 bits per heavy atom. The second kappa shape index (κ2) is 6.60. The number of hydrogen-bond donors (Lipinski definition) is 1. The van der Waals surface area contributed by atoms with E-state index in [-0.39, 0.29) is 0 Å². The highest BCUT2D eigenvalue weighted by atomic mass is 35.5. The number of rotatable bonds is 3. The molecule has 0 bridgehead atoms. The van der Waals surface area contributed by atoms with Crippen molar-refractivity contribution in [3.63, 3.8) is 0 Å². The van der Waals surface area contributed by atoms with E-state index >= 15 is 0 Å². The molecule has 2 N–H and O–H groups in total. The van der Waals surface area contributed by atoms with E-state index in [1.54, 1.807) is 0 Å². The lowest BCUT2D eigenvalue weighted by atomic mass is 9.83. The summed E-state index contributed by atoms with van der Waals surface area (Å²) in [7, 11) is 0. The Morgan fingerprint density at radius 2 is 1.94 bits per heavy atom. The van der Waals surface area contributed by atoms with Crippen molar-refractivity contribution in [2.45, 2.75) is 32.1 Å². The lowest BCUT2D eigenvalue weighted by molar-refractivity contribution is 0.401. The van der Waals surface area contributed by atoms with Gasteiger partial charge in [-0.05, 0) is 42.5 Å². The first-order valence-electron chi connectivity index (χ1n) is 6.56. The van der Waals surface area contributed by atoms with Crippen molar-refractivity contribution < 1.29 is 0 Å². The van der Waals surface area contributed by atoms with Crippen LogP contribution in [0.5, 0.6) is 0 Å². The Balaban J connectivity index is 2.24. The van der Waals surface area contributed by atoms with Gasteiger partial charge in [-0.1, -0.05) is 54.1 Å². The number of halogens is 2. The summed E-state index contributed by atoms with van der Waals surface area (Å²) < 4.78 is 0. The molecule has 0 heterocycles. The fraction of sp³-hybridized carbons (Fsp3) is 0.467. The molecule has 0 atom stereocenters. The fourth-order valence-corrected chi connectivity index (χ4v) is 2.99. The van der Waals surface area contributed by atoms with E-state index in [1.807, 2.05) is 18.2 Å². The molecule has 1 aromatic carbocycles. The van der Waals surface area contributed by atoms with Gasteiger partial charge < -0.3 is 5.73 Å². The van der Waals surface area contributed by atoms with Crippen molar-refractivity contribution >= 4 is 29.3 Å². The highest BCUT2D eigenvalue weighted by Crippen LogP contribution is 2.32. The first-order valence-corrected chi connectivity index (χ1v) is 7.32. The van der Waals surface area contributed by atoms with E-state index in [2.05, 4.69) is 6.08 Å². The van der Waals surface area contributed by atoms with Gasteiger partial charge in [0, 0.05) is 16.6 Å². The molecule has 1 aliphatic carbocycles. The predicted molar refractivity (Wildman–Crippen MR) is 80.1 cm³/mol. The summed E-state index contributed by atoms with van der Waals surface area (Å²) in [5.41, 5.74) is 8.18. The van der Waals surface area contributed by atoms with E-state index in [0.717, 1.165) is 10.6 Å². The molecular formula is C15H19Cl2N. The highest BCUT2D eigenvalue weighted by molar-refractivity contribution is 6.34. The minimum atomic E-state index is 0.605. The third kappa shape index (κ3) is 3.50. The van der Waals surface area contributed by atoms with Crippen LogP contribution in [0.2, 0.25) is 10.0 Å². The van der Waals surface area contributed by atoms with Gasteiger partial charge in [0.05, 0.1) is 0 Å². The highest BCUT2D eigenvalue weighted by Gasteiger charge is 2.17. The van der Waals surface area contributed by atoms with Crippen LogP contribution >= 0.6 is 23.2 Å². The van der Waals surface area contributed by atoms with Crippen molar-refractivity contribution in [2.24, 2.45) is 11.7 Å². The molecule has 3 heteroatoms. The second-order valence-corrected chi connectivity index (χ2v) is 5.77. The van der Waals surface area contributed by atoms with Crippen molar-refractivity contribution in [2.75, 3.05) is 6.54 Å². The molecule has 0 saturated heterocycles. The maximum atomic E-state index is 6.19. The molecule has 2 rings (SSSR count). The molecule has 0 aromatic heterocycles. The molecular weight excluding hydrogens is 265 g/mol. The normalized spacial score (nSPS) is 18.1. The molecule has 0 radical (unpaired) electrons. The molecule has 0 unspecified atom stereocenters. The standard InChI is InChI=1S/C15H19Cl2N/c16-14-6-7-15(17)12(9-14)8-13(10-18)11-4-2-1-3-5-11/h6-9,11H,1-5,10,18H2/b13-8-. The van der Waals surface area contributed by atoms with Gasteiger partial charge in [-0.15, -0.1) is 0 Å². The smallest absolute Gasteiger partial charge is 0.0479 e. The Kier molecular flexibility index (Phi) is 5.11. The summed E-state index contributed by atoms with van der Waals surface area (Å²) in [6.07, 6.45) is 8.61. The SMILES string of the molecule is NC/C(=C/c1cc(Cl)ccc1Cl)C1CCCCC1. The number of benzene rings is 1. The molecule has 1 aromatic rings. The van der Waals surface area contributed by atoms with E-state index < -0.39 is 0 Å². The summed E-state index contributed by atoms with van der Waals surface area (Å²) in [5, 5.41) is 1.45. The zero-order valence-electron chi connectivity index (χ0n) is 10.5. The lowest BCUT2D eigenvalue weighted by Gasteiger charge is -2.24. The van der Waals surface area contributed by atoms with Gasteiger partial charge in [-0.25, -0.2) is 0 Å². The largest absolute Gasteiger partial charge is 0.327 e. The molecule has 0 amide bonds. The molecule has 98 valence electrons. The van der Waals surface area contributed by atoms with Crippen LogP contribution < -0.4 is 5.73 Å². The number of hydrogen-bond acceptors (Lipinski definition) is 1. The molecule has 18 heavy (non-hydrogen) atoms. The Labute approximate surface area is 119 Å². The molecule has 1 fully saturated rings. The summed E-state index contributed by atoms with van der Waals surface area (Å²) >= 11 is 12.2. The van der Waals surface area contributed by atoms with Gasteiger partial charge in [0.1, 0.15) is 0 Å². The second-order valence-electron chi connectivity index (χ2n) is 4.92. The van der Waals surface area contributed by atoms with Crippen LogP contribution in [0.25, 0.3) is 6.08 Å². The summed E-state index contributed by atoms with van der Waals surface area (Å²) in [5.74, 6) is 0.624. The maximum absolute atomic E-state index is 6.19. The quantitative estimate of drug-likeness (QED) is 0.838. The van der Waals surface area contributed by atoms with Crippen LogP contribution in [0.15, 0.2) is 23.8 Å². The molecule has 0 aliphatic heterocycles. The lowest BCUT2D eigenvalue weighted by Crippen LogP contribution is -2.16. The van der Waals surface area contributed by atoms with Gasteiger partial charge >= 0.3 is 0 Å². The van der Waals surface area contributed by atoms with Crippen molar-refractivity contribution in [3.05, 3.63) is 39.4 Å². The van der Waals surface area contributed by atoms with Gasteiger partial charge in [0.25, 0.3) is 0 Å². The van der Waals surface area contributed by atoms with Gasteiger partial charge in [0.15, 0.2) is 0 Å². The minimum Gasteiger partial charge on any atom is -0.327 e. The number of nitrogens with two attached hydrogens (primary N) is 1. The average Bonchev–Trinajstić information content (AvgIpc) is 2.41. The van der Waals surface area contributed by atoms with Crippen molar-refractivity contribution in [1.29, 1.82) is 0 Å². The van der Waals surface area contributed by atoms with Crippen molar-refractivity contribution in [3.8, 4) is 0 Å². The minimum absolute atomic E-state index is 0.605. The summed E-state index contributed by atoms with van der Waals surface area (Å²) in [6.45, 7) is 0.605. The van der Waals surface area contributed by atoms with E-state index in [1.165, 1.54) is 37.7 Å². The fourth-order valence-electron chi connectivity index (χ4n) is 2.64. The van der Waals surface area contributed by atoms with E-state index in [9.17, 15) is 0 Å². The van der Waals surface area contributed by atoms with Crippen LogP contribution in [0.3, 0.4) is 0 Å². The van der Waals surface area contributed by atoms with Crippen LogP contribution in [0, 0.1) is 5.92 Å². The van der Waals surface area contributed by atoms with Crippen molar-refractivity contribution in [1.82, 2.24) is 0 Å². The Bertz CT molecular complexity index is 434. The van der Waals surface area contributed by atoms with Gasteiger partial charge in [-0.2, -0.15) is 0 Å². The van der Waals surface area contributed by atoms with Crippen LogP contribution in [0.4, 0.5) is 0 Å². The first-order chi connectivity index (χ1) is 8.70. The molecule has 1 saturated carbocycles. The Morgan fingerprint density at radius 3 is 2.61 bits per heavy atom. The third-order valence-corrected chi connectivity index (χ3v) is 4.24. The summed E-state index contributed by atoms with van der Waals surface area (Å²) in [6, 6.07) is 5.55. The van der Waals surface area contributed by atoms with Gasteiger partial charge in [-0.3, -0.25) is 0 Å². The van der Waals surface area contributed by atoms with Gasteiger partial charge in [0.2, 0.25) is 0 Å².